The van der Waals surface area contributed by atoms with Gasteiger partial charge in [0.05, 0.1) is 7.11 Å². The van der Waals surface area contributed by atoms with Crippen LogP contribution in [0.15, 0.2) is 77.3 Å². The topological polar surface area (TPSA) is 27.7 Å². The summed E-state index contributed by atoms with van der Waals surface area (Å²) in [5.74, 6) is 0.856. The maximum atomic E-state index is 6.38. The van der Waals surface area contributed by atoms with Crippen LogP contribution in [0, 0.1) is 0 Å². The first-order chi connectivity index (χ1) is 11.7. The second-order valence-corrected chi connectivity index (χ2v) is 6.40. The molecule has 0 N–H and O–H groups in total. The Bertz CT molecular complexity index is 823. The molecule has 1 heterocycles. The number of rotatable bonds is 3. The summed E-state index contributed by atoms with van der Waals surface area (Å²) in [6, 6.07) is 23.6. The molecule has 0 spiro atoms. The van der Waals surface area contributed by atoms with Crippen LogP contribution in [-0.2, 0) is 5.79 Å². The maximum Gasteiger partial charge on any atom is 0.305 e. The van der Waals surface area contributed by atoms with Crippen molar-refractivity contribution < 1.29 is 14.2 Å². The second kappa shape index (κ2) is 5.87. The molecule has 0 saturated carbocycles. The molecule has 1 aliphatic heterocycles. The summed E-state index contributed by atoms with van der Waals surface area (Å²) in [4.78, 5) is 0. The van der Waals surface area contributed by atoms with Crippen LogP contribution >= 0.6 is 15.9 Å². The van der Waals surface area contributed by atoms with Gasteiger partial charge < -0.3 is 14.2 Å². The van der Waals surface area contributed by atoms with Crippen molar-refractivity contribution in [2.24, 2.45) is 0 Å². The van der Waals surface area contributed by atoms with Crippen molar-refractivity contribution in [2.45, 2.75) is 5.79 Å². The smallest absolute Gasteiger partial charge is 0.305 e. The van der Waals surface area contributed by atoms with Gasteiger partial charge in [0.2, 0.25) is 5.75 Å². The largest absolute Gasteiger partial charge is 0.493 e. The van der Waals surface area contributed by atoms with E-state index >= 15 is 0 Å². The number of halogens is 1. The average molecular weight is 383 g/mol. The highest BCUT2D eigenvalue weighted by atomic mass is 79.9. The first kappa shape index (κ1) is 15.1. The molecule has 4 rings (SSSR count). The summed E-state index contributed by atoms with van der Waals surface area (Å²) in [7, 11) is 1.62. The predicted molar refractivity (Wildman–Crippen MR) is 95.6 cm³/mol. The molecule has 3 aromatic carbocycles. The third kappa shape index (κ3) is 2.34. The zero-order valence-electron chi connectivity index (χ0n) is 13.0. The highest BCUT2D eigenvalue weighted by molar-refractivity contribution is 9.10. The number of hydrogen-bond acceptors (Lipinski definition) is 3. The summed E-state index contributed by atoms with van der Waals surface area (Å²) in [6.07, 6.45) is 0. The van der Waals surface area contributed by atoms with E-state index in [0.29, 0.717) is 17.2 Å². The Labute approximate surface area is 148 Å². The van der Waals surface area contributed by atoms with Crippen molar-refractivity contribution in [3.63, 3.8) is 0 Å². The van der Waals surface area contributed by atoms with Gasteiger partial charge in [-0.05, 0) is 12.1 Å². The molecule has 0 aliphatic carbocycles. The minimum absolute atomic E-state index is 0.605. The van der Waals surface area contributed by atoms with Gasteiger partial charge in [-0.25, -0.2) is 0 Å². The standard InChI is InChI=1S/C20H15BrO3/c1-22-17-12-16(21)13-18-19(17)24-20(23-18,14-8-4-2-5-9-14)15-10-6-3-7-11-15/h2-13H,1H3. The normalized spacial score (nSPS) is 14.4. The van der Waals surface area contributed by atoms with Gasteiger partial charge in [-0.3, -0.25) is 0 Å². The van der Waals surface area contributed by atoms with E-state index in [9.17, 15) is 0 Å². The van der Waals surface area contributed by atoms with Crippen LogP contribution in [-0.4, -0.2) is 7.11 Å². The van der Waals surface area contributed by atoms with Crippen LogP contribution in [0.5, 0.6) is 17.2 Å². The van der Waals surface area contributed by atoms with Crippen LogP contribution < -0.4 is 14.2 Å². The van der Waals surface area contributed by atoms with Crippen molar-refractivity contribution in [3.8, 4) is 17.2 Å². The van der Waals surface area contributed by atoms with Crippen LogP contribution in [0.2, 0.25) is 0 Å². The number of ether oxygens (including phenoxy) is 3. The lowest BCUT2D eigenvalue weighted by atomic mass is 9.97. The second-order valence-electron chi connectivity index (χ2n) is 5.49. The monoisotopic (exact) mass is 382 g/mol. The van der Waals surface area contributed by atoms with E-state index < -0.39 is 5.79 Å². The van der Waals surface area contributed by atoms with E-state index in [1.165, 1.54) is 0 Å². The lowest BCUT2D eigenvalue weighted by Gasteiger charge is -2.28. The average Bonchev–Trinajstić information content (AvgIpc) is 3.03. The molecule has 0 amide bonds. The zero-order chi connectivity index (χ0) is 16.6. The van der Waals surface area contributed by atoms with Crippen molar-refractivity contribution in [3.05, 3.63) is 88.4 Å². The molecule has 0 atom stereocenters. The van der Waals surface area contributed by atoms with E-state index in [0.717, 1.165) is 15.6 Å². The van der Waals surface area contributed by atoms with E-state index in [4.69, 9.17) is 14.2 Å². The van der Waals surface area contributed by atoms with E-state index in [1.807, 2.05) is 72.8 Å². The quantitative estimate of drug-likeness (QED) is 0.628. The van der Waals surface area contributed by atoms with Gasteiger partial charge in [0.15, 0.2) is 11.5 Å². The molecule has 0 bridgehead atoms. The van der Waals surface area contributed by atoms with E-state index in [-0.39, 0.29) is 0 Å². The Morgan fingerprint density at radius 1 is 0.833 bits per heavy atom. The number of methoxy groups -OCH3 is 1. The Morgan fingerprint density at radius 2 is 1.42 bits per heavy atom. The van der Waals surface area contributed by atoms with Crippen LogP contribution in [0.25, 0.3) is 0 Å². The highest BCUT2D eigenvalue weighted by Gasteiger charge is 2.46. The zero-order valence-corrected chi connectivity index (χ0v) is 14.6. The summed E-state index contributed by atoms with van der Waals surface area (Å²) >= 11 is 3.49. The summed E-state index contributed by atoms with van der Waals surface area (Å²) in [5, 5.41) is 0. The molecule has 4 heteroatoms. The van der Waals surface area contributed by atoms with Crippen LogP contribution in [0.3, 0.4) is 0 Å². The van der Waals surface area contributed by atoms with Crippen LogP contribution in [0.4, 0.5) is 0 Å². The molecule has 0 saturated heterocycles. The Morgan fingerprint density at radius 3 is 1.96 bits per heavy atom. The van der Waals surface area contributed by atoms with Crippen molar-refractivity contribution in [1.82, 2.24) is 0 Å². The fourth-order valence-corrected chi connectivity index (χ4v) is 3.33. The first-order valence-corrected chi connectivity index (χ1v) is 8.39. The minimum atomic E-state index is -1.03. The highest BCUT2D eigenvalue weighted by Crippen LogP contribution is 2.52. The van der Waals surface area contributed by atoms with Gasteiger partial charge in [-0.2, -0.15) is 0 Å². The molecule has 0 aromatic heterocycles. The fourth-order valence-electron chi connectivity index (χ4n) is 2.91. The number of hydrogen-bond donors (Lipinski definition) is 0. The van der Waals surface area contributed by atoms with Crippen molar-refractivity contribution >= 4 is 15.9 Å². The molecular formula is C20H15BrO3. The number of benzene rings is 3. The Hall–Kier alpha value is -2.46. The molecule has 1 aliphatic rings. The molecule has 3 aromatic rings. The van der Waals surface area contributed by atoms with Gasteiger partial charge >= 0.3 is 5.79 Å². The van der Waals surface area contributed by atoms with Crippen LogP contribution in [0.1, 0.15) is 11.1 Å². The van der Waals surface area contributed by atoms with Crippen molar-refractivity contribution in [2.75, 3.05) is 7.11 Å². The van der Waals surface area contributed by atoms with Gasteiger partial charge in [0.25, 0.3) is 0 Å². The molecule has 24 heavy (non-hydrogen) atoms. The lowest BCUT2D eigenvalue weighted by molar-refractivity contribution is -0.0467. The Balaban J connectivity index is 1.92. The minimum Gasteiger partial charge on any atom is -0.493 e. The summed E-state index contributed by atoms with van der Waals surface area (Å²) < 4.78 is 19.1. The molecule has 0 unspecified atom stereocenters. The predicted octanol–water partition coefficient (Wildman–Crippen LogP) is 5.13. The Kier molecular flexibility index (Phi) is 3.69. The van der Waals surface area contributed by atoms with Crippen molar-refractivity contribution in [1.29, 1.82) is 0 Å². The third-order valence-electron chi connectivity index (χ3n) is 4.01. The van der Waals surface area contributed by atoms with Gasteiger partial charge in [-0.15, -0.1) is 0 Å². The fraction of sp³-hybridized carbons (Fsp3) is 0.100. The number of fused-ring (bicyclic) bond motifs is 1. The lowest BCUT2D eigenvalue weighted by Crippen LogP contribution is -2.36. The summed E-state index contributed by atoms with van der Waals surface area (Å²) in [6.45, 7) is 0. The van der Waals surface area contributed by atoms with Gasteiger partial charge in [0, 0.05) is 15.6 Å². The molecular weight excluding hydrogens is 368 g/mol. The molecule has 3 nitrogen and oxygen atoms in total. The molecule has 0 fully saturated rings. The molecule has 0 radical (unpaired) electrons. The third-order valence-corrected chi connectivity index (χ3v) is 4.47. The first-order valence-electron chi connectivity index (χ1n) is 7.59. The SMILES string of the molecule is COc1cc(Br)cc2c1OC(c1ccccc1)(c1ccccc1)O2. The van der Waals surface area contributed by atoms with E-state index in [2.05, 4.69) is 15.9 Å². The van der Waals surface area contributed by atoms with Gasteiger partial charge in [0.1, 0.15) is 0 Å². The maximum absolute atomic E-state index is 6.38. The molecule has 120 valence electrons. The summed E-state index contributed by atoms with van der Waals surface area (Å²) in [5.41, 5.74) is 1.84. The van der Waals surface area contributed by atoms with E-state index in [1.54, 1.807) is 7.11 Å². The van der Waals surface area contributed by atoms with Gasteiger partial charge in [-0.1, -0.05) is 76.6 Å².